The van der Waals surface area contributed by atoms with Gasteiger partial charge in [0, 0.05) is 17.3 Å². The molecule has 0 saturated heterocycles. The number of benzene rings is 1. The first-order valence-electron chi connectivity index (χ1n) is 4.96. The van der Waals surface area contributed by atoms with Crippen molar-refractivity contribution in [1.29, 1.82) is 0 Å². The second kappa shape index (κ2) is 3.99. The molecule has 2 N–H and O–H groups in total. The Morgan fingerprint density at radius 3 is 2.82 bits per heavy atom. The molecule has 5 nitrogen and oxygen atoms in total. The maximum atomic E-state index is 13.6. The average molecular weight is 257 g/mol. The van der Waals surface area contributed by atoms with Crippen LogP contribution >= 0.6 is 0 Å². The van der Waals surface area contributed by atoms with Crippen LogP contribution in [0.5, 0.6) is 0 Å². The van der Waals surface area contributed by atoms with E-state index in [2.05, 4.69) is 5.10 Å². The van der Waals surface area contributed by atoms with E-state index in [-0.39, 0.29) is 17.8 Å². The first-order chi connectivity index (χ1) is 7.88. The van der Waals surface area contributed by atoms with Crippen molar-refractivity contribution in [3.63, 3.8) is 0 Å². The van der Waals surface area contributed by atoms with Crippen molar-refractivity contribution in [2.75, 3.05) is 17.7 Å². The van der Waals surface area contributed by atoms with Crippen LogP contribution in [0, 0.1) is 5.82 Å². The number of hydrogen-bond donors (Lipinski definition) is 1. The van der Waals surface area contributed by atoms with Crippen LogP contribution in [0.1, 0.15) is 0 Å². The van der Waals surface area contributed by atoms with Crippen LogP contribution in [0.15, 0.2) is 18.3 Å². The van der Waals surface area contributed by atoms with Gasteiger partial charge in [0.2, 0.25) is 0 Å². The molecule has 1 aromatic heterocycles. The molecule has 0 aliphatic carbocycles. The molecule has 0 atom stereocenters. The molecular formula is C10H12FN3O2S. The second-order valence-electron chi connectivity index (χ2n) is 3.90. The predicted molar refractivity (Wildman–Crippen MR) is 63.8 cm³/mol. The molecule has 2 aromatic rings. The summed E-state index contributed by atoms with van der Waals surface area (Å²) in [4.78, 5) is 0. The fraction of sp³-hybridized carbons (Fsp3) is 0.300. The van der Waals surface area contributed by atoms with Crippen molar-refractivity contribution in [1.82, 2.24) is 9.78 Å². The van der Waals surface area contributed by atoms with E-state index < -0.39 is 15.7 Å². The lowest BCUT2D eigenvalue weighted by Gasteiger charge is -2.04. The van der Waals surface area contributed by atoms with Gasteiger partial charge in [0.15, 0.2) is 0 Å². The molecule has 1 aromatic carbocycles. The number of hydrogen-bond acceptors (Lipinski definition) is 4. The molecule has 0 spiro atoms. The highest BCUT2D eigenvalue weighted by atomic mass is 32.2. The third kappa shape index (κ3) is 2.38. The number of fused-ring (bicyclic) bond motifs is 1. The number of rotatable bonds is 3. The fourth-order valence-electron chi connectivity index (χ4n) is 1.60. The first-order valence-corrected chi connectivity index (χ1v) is 7.02. The van der Waals surface area contributed by atoms with Crippen molar-refractivity contribution >= 4 is 26.4 Å². The summed E-state index contributed by atoms with van der Waals surface area (Å²) in [6.45, 7) is 0.114. The summed E-state index contributed by atoms with van der Waals surface area (Å²) in [5.41, 5.74) is 6.35. The number of sulfone groups is 1. The van der Waals surface area contributed by atoms with Crippen molar-refractivity contribution in [3.05, 3.63) is 24.1 Å². The van der Waals surface area contributed by atoms with Crippen LogP contribution in [0.3, 0.4) is 0 Å². The highest BCUT2D eigenvalue weighted by Gasteiger charge is 2.12. The molecule has 7 heteroatoms. The molecule has 0 aliphatic rings. The lowest BCUT2D eigenvalue weighted by Crippen LogP contribution is -2.12. The Morgan fingerprint density at radius 2 is 2.18 bits per heavy atom. The van der Waals surface area contributed by atoms with E-state index in [1.165, 1.54) is 23.0 Å². The van der Waals surface area contributed by atoms with Crippen LogP contribution in [0.25, 0.3) is 10.9 Å². The van der Waals surface area contributed by atoms with Crippen LogP contribution in [0.2, 0.25) is 0 Å². The van der Waals surface area contributed by atoms with E-state index in [0.29, 0.717) is 11.1 Å². The van der Waals surface area contributed by atoms with Gasteiger partial charge in [0.05, 0.1) is 18.5 Å². The molecular weight excluding hydrogens is 245 g/mol. The zero-order chi connectivity index (χ0) is 12.6. The number of aromatic nitrogens is 2. The Bertz CT molecular complexity index is 663. The highest BCUT2D eigenvalue weighted by Crippen LogP contribution is 2.23. The largest absolute Gasteiger partial charge is 0.398 e. The summed E-state index contributed by atoms with van der Waals surface area (Å²) in [5, 5.41) is 4.45. The quantitative estimate of drug-likeness (QED) is 0.825. The summed E-state index contributed by atoms with van der Waals surface area (Å²) in [6.07, 6.45) is 2.57. The maximum absolute atomic E-state index is 13.6. The third-order valence-electron chi connectivity index (χ3n) is 2.46. The summed E-state index contributed by atoms with van der Waals surface area (Å²) in [6, 6.07) is 2.70. The number of nitrogens with two attached hydrogens (primary N) is 1. The average Bonchev–Trinajstić information content (AvgIpc) is 2.64. The molecule has 92 valence electrons. The van der Waals surface area contributed by atoms with Gasteiger partial charge < -0.3 is 5.73 Å². The van der Waals surface area contributed by atoms with E-state index in [1.807, 2.05) is 0 Å². The van der Waals surface area contributed by atoms with Crippen molar-refractivity contribution in [2.24, 2.45) is 0 Å². The van der Waals surface area contributed by atoms with Crippen molar-refractivity contribution in [3.8, 4) is 0 Å². The van der Waals surface area contributed by atoms with Gasteiger partial charge in [-0.1, -0.05) is 0 Å². The van der Waals surface area contributed by atoms with Crippen LogP contribution in [-0.2, 0) is 16.4 Å². The Kier molecular flexibility index (Phi) is 2.78. The van der Waals surface area contributed by atoms with Gasteiger partial charge in [0.25, 0.3) is 0 Å². The third-order valence-corrected chi connectivity index (χ3v) is 3.38. The van der Waals surface area contributed by atoms with E-state index in [1.54, 1.807) is 0 Å². The predicted octanol–water partition coefficient (Wildman–Crippen LogP) is 0.802. The minimum Gasteiger partial charge on any atom is -0.398 e. The first kappa shape index (κ1) is 11.8. The summed E-state index contributed by atoms with van der Waals surface area (Å²) in [7, 11) is -3.11. The normalized spacial score (nSPS) is 12.1. The Hall–Kier alpha value is -1.63. The van der Waals surface area contributed by atoms with Crippen molar-refractivity contribution in [2.45, 2.75) is 6.54 Å². The van der Waals surface area contributed by atoms with Gasteiger partial charge in [-0.25, -0.2) is 12.8 Å². The zero-order valence-corrected chi connectivity index (χ0v) is 10.0. The molecule has 0 bridgehead atoms. The highest BCUT2D eigenvalue weighted by molar-refractivity contribution is 7.90. The minimum atomic E-state index is -3.11. The number of aryl methyl sites for hydroxylation is 1. The van der Waals surface area contributed by atoms with Gasteiger partial charge in [-0.15, -0.1) is 0 Å². The summed E-state index contributed by atoms with van der Waals surface area (Å²) >= 11 is 0. The van der Waals surface area contributed by atoms with Crippen molar-refractivity contribution < 1.29 is 12.8 Å². The molecule has 0 aliphatic heterocycles. The Morgan fingerprint density at radius 1 is 1.47 bits per heavy atom. The minimum absolute atomic E-state index is 0.0853. The Balaban J connectivity index is 2.46. The number of halogens is 1. The zero-order valence-electron chi connectivity index (χ0n) is 9.22. The van der Waals surface area contributed by atoms with E-state index in [4.69, 9.17) is 5.73 Å². The molecule has 0 saturated carbocycles. The number of anilines is 1. The standard InChI is InChI=1S/C10H12FN3O2S/c1-17(15,16)5-4-14-10-7(6-13-14)9(12)3-2-8(10)11/h2-3,6H,4-5,12H2,1H3. The molecule has 0 fully saturated rings. The molecule has 1 heterocycles. The molecule has 0 amide bonds. The van der Waals surface area contributed by atoms with Gasteiger partial charge in [-0.3, -0.25) is 4.68 Å². The number of nitrogens with zero attached hydrogens (tertiary/aromatic N) is 2. The molecule has 0 unspecified atom stereocenters. The van der Waals surface area contributed by atoms with Crippen LogP contribution in [-0.4, -0.2) is 30.2 Å². The lowest BCUT2D eigenvalue weighted by molar-refractivity contribution is 0.582. The SMILES string of the molecule is CS(=O)(=O)CCn1ncc2c(N)ccc(F)c21. The fourth-order valence-corrected chi connectivity index (χ4v) is 2.11. The topological polar surface area (TPSA) is 78.0 Å². The van der Waals surface area contributed by atoms with Crippen LogP contribution < -0.4 is 5.73 Å². The van der Waals surface area contributed by atoms with E-state index >= 15 is 0 Å². The van der Waals surface area contributed by atoms with Gasteiger partial charge in [-0.05, 0) is 12.1 Å². The second-order valence-corrected chi connectivity index (χ2v) is 6.16. The molecule has 2 rings (SSSR count). The summed E-state index contributed by atoms with van der Waals surface area (Å²) in [5.74, 6) is -0.543. The van der Waals surface area contributed by atoms with E-state index in [9.17, 15) is 12.8 Å². The maximum Gasteiger partial charge on any atom is 0.149 e. The number of nitrogen functional groups attached to an aromatic ring is 1. The van der Waals surface area contributed by atoms with E-state index in [0.717, 1.165) is 6.26 Å². The van der Waals surface area contributed by atoms with Gasteiger partial charge >= 0.3 is 0 Å². The Labute approximate surface area is 97.9 Å². The molecule has 17 heavy (non-hydrogen) atoms. The van der Waals surface area contributed by atoms with Gasteiger partial charge in [0.1, 0.15) is 21.2 Å². The van der Waals surface area contributed by atoms with Crippen LogP contribution in [0.4, 0.5) is 10.1 Å². The smallest absolute Gasteiger partial charge is 0.149 e. The monoisotopic (exact) mass is 257 g/mol. The lowest BCUT2D eigenvalue weighted by atomic mass is 10.2. The molecule has 0 radical (unpaired) electrons. The summed E-state index contributed by atoms with van der Waals surface area (Å²) < 4.78 is 37.0. The van der Waals surface area contributed by atoms with Gasteiger partial charge in [-0.2, -0.15) is 5.10 Å².